The second-order valence-electron chi connectivity index (χ2n) is 4.68. The Hall–Kier alpha value is -3.35. The van der Waals surface area contributed by atoms with E-state index in [1.54, 1.807) is 36.4 Å². The van der Waals surface area contributed by atoms with Crippen LogP contribution in [0.15, 0.2) is 40.8 Å². The minimum atomic E-state index is -0.589. The number of rotatable bonds is 3. The number of aromatic nitrogens is 1. The molecule has 110 valence electrons. The van der Waals surface area contributed by atoms with Crippen molar-refractivity contribution in [1.29, 1.82) is 0 Å². The first-order chi connectivity index (χ1) is 10.5. The van der Waals surface area contributed by atoms with Crippen LogP contribution in [0.2, 0.25) is 0 Å². The van der Waals surface area contributed by atoms with Crippen molar-refractivity contribution in [1.82, 2.24) is 4.98 Å². The summed E-state index contributed by atoms with van der Waals surface area (Å²) in [6, 6.07) is 9.81. The van der Waals surface area contributed by atoms with E-state index < -0.39 is 4.92 Å². The maximum atomic E-state index is 10.6. The fourth-order valence-corrected chi connectivity index (χ4v) is 2.07. The van der Waals surface area contributed by atoms with Crippen LogP contribution in [0.3, 0.4) is 0 Å². The largest absolute Gasteiger partial charge is 0.433 e. The quantitative estimate of drug-likeness (QED) is 0.435. The van der Waals surface area contributed by atoms with E-state index in [2.05, 4.69) is 4.98 Å². The molecule has 0 aliphatic rings. The number of benzene rings is 1. The third kappa shape index (κ3) is 2.59. The van der Waals surface area contributed by atoms with Crippen molar-refractivity contribution < 1.29 is 9.34 Å². The number of anilines is 2. The van der Waals surface area contributed by atoms with Gasteiger partial charge in [-0.2, -0.15) is 0 Å². The SMILES string of the molecule is Nc1ccc2nc(C=Cc3ccc([N+](=O)[O-])o3)cc(N)c2c1. The summed E-state index contributed by atoms with van der Waals surface area (Å²) >= 11 is 0. The van der Waals surface area contributed by atoms with Crippen LogP contribution in [0.25, 0.3) is 23.1 Å². The van der Waals surface area contributed by atoms with Gasteiger partial charge in [-0.25, -0.2) is 4.98 Å². The Morgan fingerprint density at radius 3 is 2.68 bits per heavy atom. The van der Waals surface area contributed by atoms with Crippen LogP contribution in [0, 0.1) is 10.1 Å². The highest BCUT2D eigenvalue weighted by molar-refractivity contribution is 5.93. The lowest BCUT2D eigenvalue weighted by Gasteiger charge is -2.04. The first-order valence-electron chi connectivity index (χ1n) is 6.41. The van der Waals surface area contributed by atoms with Gasteiger partial charge in [-0.1, -0.05) is 0 Å². The molecular weight excluding hydrogens is 284 g/mol. The van der Waals surface area contributed by atoms with Gasteiger partial charge in [0.2, 0.25) is 0 Å². The summed E-state index contributed by atoms with van der Waals surface area (Å²) < 4.78 is 5.04. The Kier molecular flexibility index (Phi) is 3.23. The van der Waals surface area contributed by atoms with Crippen molar-refractivity contribution in [2.45, 2.75) is 0 Å². The van der Waals surface area contributed by atoms with Crippen LogP contribution < -0.4 is 11.5 Å². The zero-order chi connectivity index (χ0) is 15.7. The number of nitro groups is 1. The van der Waals surface area contributed by atoms with Crippen molar-refractivity contribution >= 4 is 40.3 Å². The zero-order valence-electron chi connectivity index (χ0n) is 11.4. The smallest absolute Gasteiger partial charge is 0.401 e. The Morgan fingerprint density at radius 1 is 1.14 bits per heavy atom. The summed E-state index contributed by atoms with van der Waals surface area (Å²) in [5, 5.41) is 11.3. The van der Waals surface area contributed by atoms with Crippen LogP contribution in [-0.2, 0) is 0 Å². The summed E-state index contributed by atoms with van der Waals surface area (Å²) in [5.74, 6) is 0.0607. The molecule has 0 saturated carbocycles. The average molecular weight is 296 g/mol. The first-order valence-corrected chi connectivity index (χ1v) is 6.41. The van der Waals surface area contributed by atoms with Gasteiger partial charge in [-0.3, -0.25) is 10.1 Å². The molecule has 0 amide bonds. The molecule has 4 N–H and O–H groups in total. The van der Waals surface area contributed by atoms with Crippen LogP contribution in [0.1, 0.15) is 11.5 Å². The number of nitrogens with two attached hydrogens (primary N) is 2. The summed E-state index contributed by atoms with van der Waals surface area (Å²) in [6.07, 6.45) is 3.27. The van der Waals surface area contributed by atoms with Gasteiger partial charge in [-0.05, 0) is 42.5 Å². The molecule has 0 fully saturated rings. The monoisotopic (exact) mass is 296 g/mol. The molecule has 0 radical (unpaired) electrons. The highest BCUT2D eigenvalue weighted by atomic mass is 16.6. The predicted molar refractivity (Wildman–Crippen MR) is 84.9 cm³/mol. The summed E-state index contributed by atoms with van der Waals surface area (Å²) in [7, 11) is 0. The first kappa shape index (κ1) is 13.6. The Labute approximate surface area is 125 Å². The lowest BCUT2D eigenvalue weighted by atomic mass is 10.1. The minimum absolute atomic E-state index is 0.305. The van der Waals surface area contributed by atoms with Crippen molar-refractivity contribution in [2.24, 2.45) is 0 Å². The normalized spacial score (nSPS) is 11.3. The van der Waals surface area contributed by atoms with Gasteiger partial charge in [0.05, 0.1) is 17.3 Å². The van der Waals surface area contributed by atoms with E-state index in [4.69, 9.17) is 15.9 Å². The number of hydrogen-bond acceptors (Lipinski definition) is 6. The highest BCUT2D eigenvalue weighted by Crippen LogP contribution is 2.24. The molecular formula is C15H12N4O3. The maximum absolute atomic E-state index is 10.6. The van der Waals surface area contributed by atoms with E-state index in [1.165, 1.54) is 12.1 Å². The molecule has 0 unspecified atom stereocenters. The van der Waals surface area contributed by atoms with E-state index in [-0.39, 0.29) is 5.88 Å². The molecule has 0 spiro atoms. The third-order valence-corrected chi connectivity index (χ3v) is 3.10. The van der Waals surface area contributed by atoms with E-state index >= 15 is 0 Å². The molecule has 7 heteroatoms. The van der Waals surface area contributed by atoms with Crippen molar-refractivity contribution in [3.05, 3.63) is 58.0 Å². The maximum Gasteiger partial charge on any atom is 0.433 e. The fraction of sp³-hybridized carbons (Fsp3) is 0. The fourth-order valence-electron chi connectivity index (χ4n) is 2.07. The molecule has 22 heavy (non-hydrogen) atoms. The molecule has 0 atom stereocenters. The third-order valence-electron chi connectivity index (χ3n) is 3.10. The van der Waals surface area contributed by atoms with E-state index in [0.717, 1.165) is 10.9 Å². The average Bonchev–Trinajstić information content (AvgIpc) is 2.95. The number of hydrogen-bond donors (Lipinski definition) is 2. The topological polar surface area (TPSA) is 121 Å². The summed E-state index contributed by atoms with van der Waals surface area (Å²) in [5.41, 5.74) is 14.2. The molecule has 7 nitrogen and oxygen atoms in total. The van der Waals surface area contributed by atoms with E-state index in [1.807, 2.05) is 0 Å². The standard InChI is InChI=1S/C15H12N4O3/c16-9-1-5-14-12(7-9)13(17)8-10(18-14)2-3-11-4-6-15(22-11)19(20)21/h1-8H,16H2,(H2,17,18). The molecule has 1 aromatic carbocycles. The van der Waals surface area contributed by atoms with Gasteiger partial charge >= 0.3 is 5.88 Å². The minimum Gasteiger partial charge on any atom is -0.401 e. The molecule has 0 aliphatic carbocycles. The molecule has 2 heterocycles. The van der Waals surface area contributed by atoms with Crippen LogP contribution in [0.4, 0.5) is 17.3 Å². The molecule has 3 aromatic rings. The number of pyridine rings is 1. The molecule has 2 aromatic heterocycles. The molecule has 0 bridgehead atoms. The zero-order valence-corrected chi connectivity index (χ0v) is 11.4. The molecule has 3 rings (SSSR count). The molecule has 0 aliphatic heterocycles. The Balaban J connectivity index is 1.94. The number of fused-ring (bicyclic) bond motifs is 1. The highest BCUT2D eigenvalue weighted by Gasteiger charge is 2.10. The predicted octanol–water partition coefficient (Wildman–Crippen LogP) is 3.07. The Morgan fingerprint density at radius 2 is 1.95 bits per heavy atom. The van der Waals surface area contributed by atoms with E-state index in [0.29, 0.717) is 22.8 Å². The second-order valence-corrected chi connectivity index (χ2v) is 4.68. The van der Waals surface area contributed by atoms with Crippen molar-refractivity contribution in [3.63, 3.8) is 0 Å². The van der Waals surface area contributed by atoms with E-state index in [9.17, 15) is 10.1 Å². The van der Waals surface area contributed by atoms with Gasteiger partial charge < -0.3 is 15.9 Å². The van der Waals surface area contributed by atoms with Gasteiger partial charge in [0.25, 0.3) is 0 Å². The van der Waals surface area contributed by atoms with Crippen molar-refractivity contribution in [3.8, 4) is 0 Å². The summed E-state index contributed by atoms with van der Waals surface area (Å²) in [6.45, 7) is 0. The van der Waals surface area contributed by atoms with Crippen LogP contribution >= 0.6 is 0 Å². The molecule has 0 saturated heterocycles. The van der Waals surface area contributed by atoms with Crippen LogP contribution in [-0.4, -0.2) is 9.91 Å². The number of nitrogen functional groups attached to an aromatic ring is 2. The second kappa shape index (κ2) is 5.21. The Bertz CT molecular complexity index is 899. The van der Waals surface area contributed by atoms with Gasteiger partial charge in [0.1, 0.15) is 10.7 Å². The van der Waals surface area contributed by atoms with Crippen LogP contribution in [0.5, 0.6) is 0 Å². The number of furan rings is 1. The van der Waals surface area contributed by atoms with Gasteiger partial charge in [-0.15, -0.1) is 0 Å². The van der Waals surface area contributed by atoms with Gasteiger partial charge in [0.15, 0.2) is 0 Å². The van der Waals surface area contributed by atoms with Crippen molar-refractivity contribution in [2.75, 3.05) is 11.5 Å². The summed E-state index contributed by atoms with van der Waals surface area (Å²) in [4.78, 5) is 14.4. The number of nitrogens with zero attached hydrogens (tertiary/aromatic N) is 2. The lowest BCUT2D eigenvalue weighted by molar-refractivity contribution is -0.402. The van der Waals surface area contributed by atoms with Gasteiger partial charge in [0, 0.05) is 16.8 Å². The lowest BCUT2D eigenvalue weighted by Crippen LogP contribution is -1.93.